The third-order valence-corrected chi connectivity index (χ3v) is 4.85. The lowest BCUT2D eigenvalue weighted by Crippen LogP contribution is -2.42. The van der Waals surface area contributed by atoms with Gasteiger partial charge in [-0.05, 0) is 29.8 Å². The molecule has 2 atom stereocenters. The molecule has 2 amide bonds. The number of imide groups is 1. The number of amides is 2. The van der Waals surface area contributed by atoms with Crippen molar-refractivity contribution < 1.29 is 19.8 Å². The molecule has 3 N–H and O–H groups in total. The van der Waals surface area contributed by atoms with Gasteiger partial charge in [-0.1, -0.05) is 40.2 Å². The van der Waals surface area contributed by atoms with E-state index < -0.39 is 17.9 Å². The first kappa shape index (κ1) is 18.7. The number of benzene rings is 2. The van der Waals surface area contributed by atoms with Crippen molar-refractivity contribution in [1.82, 2.24) is 10.2 Å². The van der Waals surface area contributed by atoms with Gasteiger partial charge in [0.05, 0.1) is 36.4 Å². The van der Waals surface area contributed by atoms with E-state index in [1.54, 1.807) is 24.3 Å². The van der Waals surface area contributed by atoms with Crippen molar-refractivity contribution in [2.75, 3.05) is 19.7 Å². The predicted molar refractivity (Wildman–Crippen MR) is 99.8 cm³/mol. The highest BCUT2D eigenvalue weighted by Crippen LogP contribution is 2.22. The van der Waals surface area contributed by atoms with Crippen LogP contribution in [-0.4, -0.2) is 52.7 Å². The maximum atomic E-state index is 12.3. The van der Waals surface area contributed by atoms with E-state index in [4.69, 9.17) is 0 Å². The SMILES string of the molecule is O=C1c2ccccc2C(=O)N1C[C@H](O)CNC(CO)c1ccc(Br)cc1. The molecule has 0 fully saturated rings. The maximum Gasteiger partial charge on any atom is 0.261 e. The Morgan fingerprint density at radius 3 is 2.12 bits per heavy atom. The van der Waals surface area contributed by atoms with Gasteiger partial charge in [-0.15, -0.1) is 0 Å². The minimum absolute atomic E-state index is 0.0994. The van der Waals surface area contributed by atoms with Crippen molar-refractivity contribution in [2.45, 2.75) is 12.1 Å². The lowest BCUT2D eigenvalue weighted by atomic mass is 10.1. The zero-order valence-electron chi connectivity index (χ0n) is 13.9. The van der Waals surface area contributed by atoms with E-state index in [0.29, 0.717) is 11.1 Å². The van der Waals surface area contributed by atoms with Gasteiger partial charge in [0.2, 0.25) is 0 Å². The Hall–Kier alpha value is -2.06. The first-order valence-electron chi connectivity index (χ1n) is 8.24. The van der Waals surface area contributed by atoms with Crippen LogP contribution in [-0.2, 0) is 0 Å². The van der Waals surface area contributed by atoms with Crippen molar-refractivity contribution >= 4 is 27.7 Å². The lowest BCUT2D eigenvalue weighted by Gasteiger charge is -2.22. The molecule has 2 aromatic carbocycles. The molecule has 0 aromatic heterocycles. The first-order valence-corrected chi connectivity index (χ1v) is 9.03. The molecule has 136 valence electrons. The largest absolute Gasteiger partial charge is 0.394 e. The second-order valence-electron chi connectivity index (χ2n) is 6.12. The van der Waals surface area contributed by atoms with Crippen LogP contribution >= 0.6 is 15.9 Å². The van der Waals surface area contributed by atoms with E-state index in [9.17, 15) is 19.8 Å². The number of hydrogen-bond donors (Lipinski definition) is 3. The smallest absolute Gasteiger partial charge is 0.261 e. The van der Waals surface area contributed by atoms with Crippen molar-refractivity contribution in [2.24, 2.45) is 0 Å². The van der Waals surface area contributed by atoms with Crippen molar-refractivity contribution in [3.8, 4) is 0 Å². The summed E-state index contributed by atoms with van der Waals surface area (Å²) in [6.07, 6.45) is -0.943. The summed E-state index contributed by atoms with van der Waals surface area (Å²) >= 11 is 3.36. The molecule has 2 aromatic rings. The summed E-state index contributed by atoms with van der Waals surface area (Å²) in [5, 5.41) is 22.9. The normalized spacial score (nSPS) is 15.9. The number of carbonyl (C=O) groups is 2. The molecule has 1 aliphatic rings. The van der Waals surface area contributed by atoms with Crippen molar-refractivity contribution in [3.05, 3.63) is 69.7 Å². The zero-order chi connectivity index (χ0) is 18.7. The number of rotatable bonds is 7. The third kappa shape index (κ3) is 3.86. The fraction of sp³-hybridized carbons (Fsp3) is 0.263. The van der Waals surface area contributed by atoms with Crippen LogP contribution in [0.2, 0.25) is 0 Å². The Morgan fingerprint density at radius 2 is 1.58 bits per heavy atom. The molecule has 6 nitrogen and oxygen atoms in total. The number of aliphatic hydroxyl groups excluding tert-OH is 2. The molecule has 0 spiro atoms. The molecular formula is C19H19BrN2O4. The molecule has 26 heavy (non-hydrogen) atoms. The number of carbonyl (C=O) groups excluding carboxylic acids is 2. The van der Waals surface area contributed by atoms with Gasteiger partial charge in [-0.3, -0.25) is 14.5 Å². The van der Waals surface area contributed by atoms with Crippen molar-refractivity contribution in [1.29, 1.82) is 0 Å². The topological polar surface area (TPSA) is 89.9 Å². The highest BCUT2D eigenvalue weighted by atomic mass is 79.9. The Morgan fingerprint density at radius 1 is 1.00 bits per heavy atom. The highest BCUT2D eigenvalue weighted by Gasteiger charge is 2.36. The summed E-state index contributed by atoms with van der Waals surface area (Å²) < 4.78 is 0.934. The Balaban J connectivity index is 1.59. The Kier molecular flexibility index (Phi) is 5.83. The van der Waals surface area contributed by atoms with Crippen LogP contribution in [0.15, 0.2) is 53.0 Å². The summed E-state index contributed by atoms with van der Waals surface area (Å²) in [5.74, 6) is -0.785. The number of aliphatic hydroxyl groups is 2. The Labute approximate surface area is 159 Å². The summed E-state index contributed by atoms with van der Waals surface area (Å²) in [7, 11) is 0. The van der Waals surface area contributed by atoms with Gasteiger partial charge in [0.1, 0.15) is 0 Å². The van der Waals surface area contributed by atoms with E-state index in [0.717, 1.165) is 14.9 Å². The van der Waals surface area contributed by atoms with E-state index in [1.807, 2.05) is 24.3 Å². The summed E-state index contributed by atoms with van der Waals surface area (Å²) in [6.45, 7) is -0.103. The van der Waals surface area contributed by atoms with Gasteiger partial charge in [0, 0.05) is 11.0 Å². The minimum Gasteiger partial charge on any atom is -0.394 e. The number of β-amino-alcohol motifs (C(OH)–C–C–N with tert-alkyl or cyclic N) is 1. The molecule has 0 saturated heterocycles. The maximum absolute atomic E-state index is 12.3. The van der Waals surface area contributed by atoms with E-state index in [-0.39, 0.29) is 25.7 Å². The van der Waals surface area contributed by atoms with Gasteiger partial charge in [0.15, 0.2) is 0 Å². The average Bonchev–Trinajstić information content (AvgIpc) is 2.89. The lowest BCUT2D eigenvalue weighted by molar-refractivity contribution is 0.0536. The number of nitrogens with one attached hydrogen (secondary N) is 1. The van der Waals surface area contributed by atoms with Crippen LogP contribution < -0.4 is 5.32 Å². The van der Waals surface area contributed by atoms with Crippen LogP contribution in [0, 0.1) is 0 Å². The molecule has 1 unspecified atom stereocenters. The number of fused-ring (bicyclic) bond motifs is 1. The van der Waals surface area contributed by atoms with Gasteiger partial charge < -0.3 is 15.5 Å². The molecule has 1 aliphatic heterocycles. The van der Waals surface area contributed by atoms with Gasteiger partial charge in [-0.25, -0.2) is 0 Å². The van der Waals surface area contributed by atoms with Gasteiger partial charge in [-0.2, -0.15) is 0 Å². The molecule has 0 saturated carbocycles. The second-order valence-corrected chi connectivity index (χ2v) is 7.03. The van der Waals surface area contributed by atoms with E-state index in [2.05, 4.69) is 21.2 Å². The number of nitrogens with zero attached hydrogens (tertiary/aromatic N) is 1. The zero-order valence-corrected chi connectivity index (χ0v) is 15.5. The van der Waals surface area contributed by atoms with Crippen LogP contribution in [0.25, 0.3) is 0 Å². The van der Waals surface area contributed by atoms with E-state index >= 15 is 0 Å². The predicted octanol–water partition coefficient (Wildman–Crippen LogP) is 1.73. The molecule has 7 heteroatoms. The summed E-state index contributed by atoms with van der Waals surface area (Å²) in [4.78, 5) is 25.7. The second kappa shape index (κ2) is 8.09. The van der Waals surface area contributed by atoms with Gasteiger partial charge in [0.25, 0.3) is 11.8 Å². The quantitative estimate of drug-likeness (QED) is 0.595. The van der Waals surface area contributed by atoms with Crippen molar-refractivity contribution in [3.63, 3.8) is 0 Å². The number of halogens is 1. The fourth-order valence-corrected chi connectivity index (χ4v) is 3.21. The molecule has 0 aliphatic carbocycles. The molecule has 0 radical (unpaired) electrons. The van der Waals surface area contributed by atoms with Crippen LogP contribution in [0.4, 0.5) is 0 Å². The minimum atomic E-state index is -0.943. The number of hydrogen-bond acceptors (Lipinski definition) is 5. The molecule has 3 rings (SSSR count). The van der Waals surface area contributed by atoms with E-state index in [1.165, 1.54) is 0 Å². The van der Waals surface area contributed by atoms with Crippen LogP contribution in [0.1, 0.15) is 32.3 Å². The van der Waals surface area contributed by atoms with Gasteiger partial charge >= 0.3 is 0 Å². The molecule has 1 heterocycles. The van der Waals surface area contributed by atoms with Crippen LogP contribution in [0.5, 0.6) is 0 Å². The monoisotopic (exact) mass is 418 g/mol. The average molecular weight is 419 g/mol. The standard InChI is InChI=1S/C19H19BrN2O4/c20-13-7-5-12(6-8-13)17(11-23)21-9-14(24)10-22-18(25)15-3-1-2-4-16(15)19(22)26/h1-8,14,17,21,23-24H,9-11H2/t14-,17?/m1/s1. The Bertz CT molecular complexity index is 774. The summed E-state index contributed by atoms with van der Waals surface area (Å²) in [5.41, 5.74) is 1.60. The van der Waals surface area contributed by atoms with Crippen LogP contribution in [0.3, 0.4) is 0 Å². The molecule has 0 bridgehead atoms. The fourth-order valence-electron chi connectivity index (χ4n) is 2.94. The highest BCUT2D eigenvalue weighted by molar-refractivity contribution is 9.10. The molecular weight excluding hydrogens is 400 g/mol. The third-order valence-electron chi connectivity index (χ3n) is 4.33. The summed E-state index contributed by atoms with van der Waals surface area (Å²) in [6, 6.07) is 13.8. The first-order chi connectivity index (χ1) is 12.5.